The molecule has 0 radical (unpaired) electrons. The highest BCUT2D eigenvalue weighted by Crippen LogP contribution is 2.08. The number of aliphatic hydroxyl groups excluding tert-OH is 1. The molecule has 2 rings (SSSR count). The van der Waals surface area contributed by atoms with E-state index in [2.05, 4.69) is 38.3 Å². The number of nitrogens with two attached hydrogens (primary N) is 1. The van der Waals surface area contributed by atoms with Crippen LogP contribution in [0.5, 0.6) is 0 Å². The van der Waals surface area contributed by atoms with Crippen LogP contribution in [0.2, 0.25) is 0 Å². The molecule has 1 unspecified atom stereocenters. The lowest BCUT2D eigenvalue weighted by Crippen LogP contribution is -2.45. The van der Waals surface area contributed by atoms with Gasteiger partial charge < -0.3 is 44.6 Å². The molecular formula is C56H99N5O14. The number of unbranched alkanes of at least 4 members (excludes halogenated alkanes) is 14. The number of esters is 5. The zero-order chi connectivity index (χ0) is 56.2. The third-order valence-electron chi connectivity index (χ3n) is 11.1. The Morgan fingerprint density at radius 1 is 0.507 bits per heavy atom. The van der Waals surface area contributed by atoms with Gasteiger partial charge in [-0.2, -0.15) is 0 Å². The van der Waals surface area contributed by atoms with Crippen LogP contribution < -0.4 is 16.4 Å². The minimum Gasteiger partial charge on any atom is -0.468 e. The van der Waals surface area contributed by atoms with Gasteiger partial charge in [0, 0.05) is 50.5 Å². The summed E-state index contributed by atoms with van der Waals surface area (Å²) in [5, 5.41) is 15.0. The van der Waals surface area contributed by atoms with Crippen molar-refractivity contribution in [1.82, 2.24) is 19.8 Å². The van der Waals surface area contributed by atoms with E-state index < -0.39 is 42.3 Å². The van der Waals surface area contributed by atoms with Gasteiger partial charge in [-0.1, -0.05) is 138 Å². The molecule has 432 valence electrons. The maximum absolute atomic E-state index is 12.3. The molecule has 1 amide bonds. The van der Waals surface area contributed by atoms with Gasteiger partial charge in [-0.3, -0.25) is 38.4 Å². The summed E-state index contributed by atoms with van der Waals surface area (Å²) in [4.78, 5) is 82.1. The topological polar surface area (TPSA) is 255 Å². The lowest BCUT2D eigenvalue weighted by Gasteiger charge is -2.20. The molecule has 75 heavy (non-hydrogen) atoms. The number of hydrogen-bond acceptors (Lipinski definition) is 16. The zero-order valence-corrected chi connectivity index (χ0v) is 47.0. The molecule has 0 saturated heterocycles. The van der Waals surface area contributed by atoms with Crippen molar-refractivity contribution >= 4 is 42.0 Å². The second-order valence-corrected chi connectivity index (χ2v) is 18.0. The van der Waals surface area contributed by atoms with Crippen molar-refractivity contribution in [3.8, 4) is 0 Å². The van der Waals surface area contributed by atoms with Crippen molar-refractivity contribution in [3.63, 3.8) is 0 Å². The number of rotatable bonds is 38. The van der Waals surface area contributed by atoms with E-state index in [1.54, 1.807) is 24.8 Å². The standard InChI is InChI=1S/C25H46N2O8.C15H28O5.C9H8N2O.C7H17N/c1-5-8-11-14-21(24(30)32-4)26-19-27-25(31)35-20(17-33-22(28)15-12-9-6-2)18-34-23(29)16-13-10-7-3;1-3-5-7-9-14(17)19-11-13(16)12-20-15(18)10-8-6-4-2;12-9(10-5-1-2-6-10)11-7-3-4-8-11;1-2-3-4-5-6-7-8/h20-21,26H,5-19H2,1-4H3,(H,27,31);13,16H,3-12H2,1-2H3;1-8H;2-8H2,1H3. The number of methoxy groups -OCH3 is 1. The molecule has 19 heteroatoms. The van der Waals surface area contributed by atoms with Gasteiger partial charge in [0.05, 0.1) is 13.8 Å². The summed E-state index contributed by atoms with van der Waals surface area (Å²) in [5.41, 5.74) is 5.31. The highest BCUT2D eigenvalue weighted by Gasteiger charge is 2.22. The van der Waals surface area contributed by atoms with E-state index in [1.807, 2.05) is 38.1 Å². The Bertz CT molecular complexity index is 1600. The smallest absolute Gasteiger partial charge is 0.408 e. The van der Waals surface area contributed by atoms with Gasteiger partial charge in [0.15, 0.2) is 6.10 Å². The summed E-state index contributed by atoms with van der Waals surface area (Å²) in [6.45, 7) is 12.7. The number of amides is 1. The van der Waals surface area contributed by atoms with E-state index in [0.717, 1.165) is 103 Å². The minimum absolute atomic E-state index is 0.0228. The molecule has 0 aliphatic carbocycles. The first-order valence-electron chi connectivity index (χ1n) is 27.8. The first-order valence-corrected chi connectivity index (χ1v) is 27.8. The van der Waals surface area contributed by atoms with Crippen LogP contribution in [-0.4, -0.2) is 121 Å². The van der Waals surface area contributed by atoms with Gasteiger partial charge in [0.2, 0.25) is 0 Å². The van der Waals surface area contributed by atoms with E-state index in [0.29, 0.717) is 19.3 Å². The van der Waals surface area contributed by atoms with Gasteiger partial charge in [-0.25, -0.2) is 9.59 Å². The predicted molar refractivity (Wildman–Crippen MR) is 291 cm³/mol. The van der Waals surface area contributed by atoms with Gasteiger partial charge in [-0.05, 0) is 69.3 Å². The Hall–Kier alpha value is -5.27. The Kier molecular flexibility index (Phi) is 50.0. The molecule has 0 aromatic carbocycles. The fraction of sp³-hybridized carbons (Fsp3) is 0.732. The fourth-order valence-corrected chi connectivity index (χ4v) is 6.57. The molecule has 19 nitrogen and oxygen atoms in total. The molecule has 2 aromatic rings. The van der Waals surface area contributed by atoms with Crippen molar-refractivity contribution in [1.29, 1.82) is 0 Å². The molecule has 0 spiro atoms. The number of nitrogens with zero attached hydrogens (tertiary/aromatic N) is 2. The lowest BCUT2D eigenvalue weighted by atomic mass is 10.1. The number of aliphatic hydroxyl groups is 1. The number of nitrogens with one attached hydrogen (secondary N) is 2. The Labute approximate surface area is 449 Å². The average molecular weight is 1070 g/mol. The van der Waals surface area contributed by atoms with E-state index in [9.17, 15) is 38.7 Å². The summed E-state index contributed by atoms with van der Waals surface area (Å²) in [5.74, 6) is -1.81. The number of ether oxygens (including phenoxy) is 6. The predicted octanol–water partition coefficient (Wildman–Crippen LogP) is 10.3. The summed E-state index contributed by atoms with van der Waals surface area (Å²) in [6.07, 6.45) is 26.5. The van der Waals surface area contributed by atoms with Crippen LogP contribution in [-0.2, 0) is 52.4 Å². The van der Waals surface area contributed by atoms with Crippen LogP contribution in [0.4, 0.5) is 9.59 Å². The van der Waals surface area contributed by atoms with Crippen LogP contribution in [0.15, 0.2) is 49.1 Å². The minimum atomic E-state index is -0.944. The van der Waals surface area contributed by atoms with Crippen LogP contribution in [0.3, 0.4) is 0 Å². The van der Waals surface area contributed by atoms with E-state index in [1.165, 1.54) is 48.3 Å². The molecule has 0 saturated carbocycles. The molecule has 5 N–H and O–H groups in total. The quantitative estimate of drug-likeness (QED) is 0.0211. The normalized spacial score (nSPS) is 10.9. The maximum Gasteiger partial charge on any atom is 0.408 e. The average Bonchev–Trinajstić information content (AvgIpc) is 4.17. The first kappa shape index (κ1) is 71.8. The third-order valence-corrected chi connectivity index (χ3v) is 11.1. The van der Waals surface area contributed by atoms with Crippen molar-refractivity contribution < 1.29 is 67.1 Å². The highest BCUT2D eigenvalue weighted by molar-refractivity contribution is 5.79. The number of aromatic nitrogens is 2. The van der Waals surface area contributed by atoms with E-state index in [-0.39, 0.29) is 63.9 Å². The number of carbonyl (C=O) groups is 7. The number of hydrogen-bond donors (Lipinski definition) is 4. The molecule has 0 aliphatic heterocycles. The first-order chi connectivity index (χ1) is 36.3. The Morgan fingerprint density at radius 3 is 1.24 bits per heavy atom. The molecule has 0 aliphatic rings. The second-order valence-electron chi connectivity index (χ2n) is 18.0. The van der Waals surface area contributed by atoms with Gasteiger partial charge in [0.25, 0.3) is 0 Å². The monoisotopic (exact) mass is 1070 g/mol. The fourth-order valence-electron chi connectivity index (χ4n) is 6.57. The maximum atomic E-state index is 12.3. The van der Waals surface area contributed by atoms with Gasteiger partial charge in [0.1, 0.15) is 38.6 Å². The SMILES string of the molecule is CCCCCC(=O)OCC(COC(=O)CCCCC)OC(=O)NCNC(CCCCC)C(=O)OC.CCCCCC(=O)OCC(O)COC(=O)CCCCC.CCCCCCCN.O=C(n1cccc1)n1cccc1. The second kappa shape index (κ2) is 52.2. The van der Waals surface area contributed by atoms with Crippen molar-refractivity contribution in [2.75, 3.05) is 46.8 Å². The van der Waals surface area contributed by atoms with Crippen molar-refractivity contribution in [3.05, 3.63) is 49.1 Å². The van der Waals surface area contributed by atoms with Crippen LogP contribution in [0, 0.1) is 0 Å². The molecule has 0 bridgehead atoms. The number of carbonyl (C=O) groups excluding carboxylic acids is 7. The Balaban J connectivity index is 0. The van der Waals surface area contributed by atoms with Gasteiger partial charge >= 0.3 is 42.0 Å². The van der Waals surface area contributed by atoms with Crippen LogP contribution in [0.1, 0.15) is 202 Å². The molecule has 0 fully saturated rings. The van der Waals surface area contributed by atoms with E-state index in [4.69, 9.17) is 34.2 Å². The molecule has 1 atom stereocenters. The summed E-state index contributed by atoms with van der Waals surface area (Å²) in [7, 11) is 1.32. The van der Waals surface area contributed by atoms with E-state index >= 15 is 0 Å². The molecule has 2 heterocycles. The van der Waals surface area contributed by atoms with Crippen LogP contribution in [0.25, 0.3) is 0 Å². The van der Waals surface area contributed by atoms with Gasteiger partial charge in [-0.15, -0.1) is 0 Å². The largest absolute Gasteiger partial charge is 0.468 e. The zero-order valence-electron chi connectivity index (χ0n) is 47.0. The molecular weight excluding hydrogens is 967 g/mol. The summed E-state index contributed by atoms with van der Waals surface area (Å²) in [6, 6.07) is 6.67. The lowest BCUT2D eigenvalue weighted by molar-refractivity contribution is -0.154. The van der Waals surface area contributed by atoms with Crippen molar-refractivity contribution in [2.45, 2.75) is 220 Å². The highest BCUT2D eigenvalue weighted by atomic mass is 16.6. The van der Waals surface area contributed by atoms with Crippen molar-refractivity contribution in [2.24, 2.45) is 5.73 Å². The summed E-state index contributed by atoms with van der Waals surface area (Å²) < 4.78 is 33.4. The Morgan fingerprint density at radius 2 is 0.867 bits per heavy atom. The third kappa shape index (κ3) is 44.7. The summed E-state index contributed by atoms with van der Waals surface area (Å²) >= 11 is 0. The number of alkyl carbamates (subject to hydrolysis) is 1. The van der Waals surface area contributed by atoms with Crippen LogP contribution >= 0.6 is 0 Å². The molecule has 2 aromatic heterocycles.